The normalized spacial score (nSPS) is 16.1. The number of guanidine groups is 1. The van der Waals surface area contributed by atoms with E-state index in [1.807, 2.05) is 0 Å². The Hall–Kier alpha value is -2.29. The Morgan fingerprint density at radius 3 is 2.57 bits per heavy atom. The number of phenolic OH excluding ortho intramolecular Hbond substituents is 1. The van der Waals surface area contributed by atoms with Crippen LogP contribution >= 0.6 is 24.0 Å². The minimum atomic E-state index is -0.158. The molecule has 1 unspecified atom stereocenters. The highest BCUT2D eigenvalue weighted by Crippen LogP contribution is 2.20. The minimum Gasteiger partial charge on any atom is -0.508 e. The molecule has 1 amide bonds. The monoisotopic (exact) mass is 522 g/mol. The maximum atomic E-state index is 12.1. The van der Waals surface area contributed by atoms with Crippen LogP contribution in [0.1, 0.15) is 29.3 Å². The van der Waals surface area contributed by atoms with Crippen molar-refractivity contribution in [3.8, 4) is 5.75 Å². The van der Waals surface area contributed by atoms with E-state index >= 15 is 0 Å². The molecule has 3 rings (SSSR count). The molecule has 30 heavy (non-hydrogen) atoms. The Labute approximate surface area is 195 Å². The van der Waals surface area contributed by atoms with E-state index < -0.39 is 0 Å². The molecule has 162 valence electrons. The summed E-state index contributed by atoms with van der Waals surface area (Å²) >= 11 is 0. The van der Waals surface area contributed by atoms with Crippen LogP contribution in [0.25, 0.3) is 0 Å². The van der Waals surface area contributed by atoms with Gasteiger partial charge in [-0.3, -0.25) is 9.79 Å². The van der Waals surface area contributed by atoms with Gasteiger partial charge in [-0.2, -0.15) is 0 Å². The molecular weight excluding hydrogens is 491 g/mol. The molecule has 1 aliphatic heterocycles. The summed E-state index contributed by atoms with van der Waals surface area (Å²) in [6, 6.07) is 16.9. The van der Waals surface area contributed by atoms with Crippen molar-refractivity contribution in [1.82, 2.24) is 15.5 Å². The number of carbonyl (C=O) groups is 1. The third-order valence-corrected chi connectivity index (χ3v) is 5.08. The molecule has 7 heteroatoms. The summed E-state index contributed by atoms with van der Waals surface area (Å²) in [7, 11) is 0. The van der Waals surface area contributed by atoms with Gasteiger partial charge in [0, 0.05) is 31.7 Å². The zero-order chi connectivity index (χ0) is 20.5. The lowest BCUT2D eigenvalue weighted by atomic mass is 9.99. The van der Waals surface area contributed by atoms with Crippen molar-refractivity contribution >= 4 is 35.8 Å². The van der Waals surface area contributed by atoms with Crippen molar-refractivity contribution < 1.29 is 9.90 Å². The number of aromatic hydroxyl groups is 1. The van der Waals surface area contributed by atoms with Gasteiger partial charge in [-0.1, -0.05) is 30.3 Å². The molecule has 1 aliphatic rings. The quantitative estimate of drug-likeness (QED) is 0.226. The number of aliphatic imine (C=N–C) groups is 1. The summed E-state index contributed by atoms with van der Waals surface area (Å²) in [5.41, 5.74) is 1.92. The zero-order valence-corrected chi connectivity index (χ0v) is 19.7. The second-order valence-corrected chi connectivity index (χ2v) is 7.33. The van der Waals surface area contributed by atoms with Crippen LogP contribution in [0.2, 0.25) is 0 Å². The Balaban J connectivity index is 0.00000320. The average molecular weight is 522 g/mol. The molecule has 1 heterocycles. The van der Waals surface area contributed by atoms with Gasteiger partial charge in [-0.25, -0.2) is 0 Å². The van der Waals surface area contributed by atoms with Gasteiger partial charge in [0.2, 0.25) is 0 Å². The summed E-state index contributed by atoms with van der Waals surface area (Å²) in [5.74, 6) is 1.55. The standard InChI is InChI=1S/C23H30N4O2.HI/c1-2-24-23(26-14-13-25-22(29)20-8-10-21(28)11-9-20)27-15-12-19(17-27)16-18-6-4-3-5-7-18;/h3-11,19,28H,2,12-17H2,1H3,(H,24,26)(H,25,29);1H. The van der Waals surface area contributed by atoms with Gasteiger partial charge in [-0.15, -0.1) is 24.0 Å². The van der Waals surface area contributed by atoms with Crippen LogP contribution in [0.4, 0.5) is 0 Å². The summed E-state index contributed by atoms with van der Waals surface area (Å²) in [4.78, 5) is 19.1. The summed E-state index contributed by atoms with van der Waals surface area (Å²) < 4.78 is 0. The molecule has 1 fully saturated rings. The van der Waals surface area contributed by atoms with Crippen molar-refractivity contribution in [2.75, 3.05) is 32.7 Å². The molecule has 2 aromatic carbocycles. The number of amides is 1. The summed E-state index contributed by atoms with van der Waals surface area (Å²) in [6.45, 7) is 5.88. The molecule has 3 N–H and O–H groups in total. The number of likely N-dealkylation sites (tertiary alicyclic amines) is 1. The maximum Gasteiger partial charge on any atom is 0.251 e. The molecular formula is C23H31IN4O2. The summed E-state index contributed by atoms with van der Waals surface area (Å²) in [6.07, 6.45) is 2.26. The molecule has 0 spiro atoms. The fraction of sp³-hybridized carbons (Fsp3) is 0.391. The second kappa shape index (κ2) is 12.4. The van der Waals surface area contributed by atoms with E-state index in [-0.39, 0.29) is 35.6 Å². The van der Waals surface area contributed by atoms with Gasteiger partial charge < -0.3 is 20.6 Å². The smallest absolute Gasteiger partial charge is 0.251 e. The van der Waals surface area contributed by atoms with E-state index in [1.165, 1.54) is 17.7 Å². The molecule has 1 atom stereocenters. The van der Waals surface area contributed by atoms with E-state index in [0.29, 0.717) is 24.6 Å². The Kier molecular flexibility index (Phi) is 9.93. The van der Waals surface area contributed by atoms with Crippen LogP contribution in [-0.2, 0) is 6.42 Å². The Morgan fingerprint density at radius 2 is 1.87 bits per heavy atom. The first-order valence-corrected chi connectivity index (χ1v) is 10.3. The number of nitrogens with one attached hydrogen (secondary N) is 2. The van der Waals surface area contributed by atoms with Gasteiger partial charge >= 0.3 is 0 Å². The lowest BCUT2D eigenvalue weighted by molar-refractivity contribution is 0.0955. The Morgan fingerprint density at radius 1 is 1.13 bits per heavy atom. The van der Waals surface area contributed by atoms with Crippen molar-refractivity contribution in [2.24, 2.45) is 10.9 Å². The number of hydrogen-bond donors (Lipinski definition) is 3. The minimum absolute atomic E-state index is 0. The molecule has 6 nitrogen and oxygen atoms in total. The third-order valence-electron chi connectivity index (χ3n) is 5.08. The van der Waals surface area contributed by atoms with Gasteiger partial charge in [0.1, 0.15) is 5.75 Å². The van der Waals surface area contributed by atoms with E-state index in [1.54, 1.807) is 12.1 Å². The number of rotatable bonds is 7. The Bertz CT molecular complexity index is 812. The SMILES string of the molecule is CCNC(=NCCNC(=O)c1ccc(O)cc1)N1CCC(Cc2ccccc2)C1.I. The molecule has 2 aromatic rings. The van der Waals surface area contributed by atoms with E-state index in [0.717, 1.165) is 38.4 Å². The van der Waals surface area contributed by atoms with Crippen LogP contribution in [-0.4, -0.2) is 54.6 Å². The van der Waals surface area contributed by atoms with Crippen LogP contribution < -0.4 is 10.6 Å². The van der Waals surface area contributed by atoms with Crippen LogP contribution in [0.15, 0.2) is 59.6 Å². The first-order chi connectivity index (χ1) is 14.2. The van der Waals surface area contributed by atoms with Crippen LogP contribution in [0.5, 0.6) is 5.75 Å². The van der Waals surface area contributed by atoms with Crippen molar-refractivity contribution in [3.63, 3.8) is 0 Å². The van der Waals surface area contributed by atoms with Gasteiger partial charge in [0.15, 0.2) is 5.96 Å². The fourth-order valence-corrected chi connectivity index (χ4v) is 3.61. The van der Waals surface area contributed by atoms with Crippen LogP contribution in [0, 0.1) is 5.92 Å². The average Bonchev–Trinajstić information content (AvgIpc) is 3.19. The first-order valence-electron chi connectivity index (χ1n) is 10.3. The van der Waals surface area contributed by atoms with E-state index in [9.17, 15) is 9.90 Å². The van der Waals surface area contributed by atoms with E-state index in [2.05, 4.69) is 52.8 Å². The molecule has 0 saturated carbocycles. The lowest BCUT2D eigenvalue weighted by Gasteiger charge is -2.21. The third kappa shape index (κ3) is 7.19. The highest BCUT2D eigenvalue weighted by Gasteiger charge is 2.24. The topological polar surface area (TPSA) is 77.0 Å². The molecule has 0 bridgehead atoms. The fourth-order valence-electron chi connectivity index (χ4n) is 3.61. The zero-order valence-electron chi connectivity index (χ0n) is 17.4. The molecule has 0 aliphatic carbocycles. The number of halogens is 1. The highest BCUT2D eigenvalue weighted by atomic mass is 127. The highest BCUT2D eigenvalue weighted by molar-refractivity contribution is 14.0. The maximum absolute atomic E-state index is 12.1. The molecule has 0 radical (unpaired) electrons. The van der Waals surface area contributed by atoms with E-state index in [4.69, 9.17) is 4.99 Å². The predicted octanol–water partition coefficient (Wildman–Crippen LogP) is 3.27. The number of hydrogen-bond acceptors (Lipinski definition) is 3. The lowest BCUT2D eigenvalue weighted by Crippen LogP contribution is -2.40. The summed E-state index contributed by atoms with van der Waals surface area (Å²) in [5, 5.41) is 15.6. The predicted molar refractivity (Wildman–Crippen MR) is 132 cm³/mol. The van der Waals surface area contributed by atoms with Crippen molar-refractivity contribution in [1.29, 1.82) is 0 Å². The van der Waals surface area contributed by atoms with Crippen molar-refractivity contribution in [2.45, 2.75) is 19.8 Å². The number of phenols is 1. The second-order valence-electron chi connectivity index (χ2n) is 7.33. The first kappa shape index (κ1) is 24.0. The molecule has 1 saturated heterocycles. The van der Waals surface area contributed by atoms with Crippen molar-refractivity contribution in [3.05, 3.63) is 65.7 Å². The van der Waals surface area contributed by atoms with Gasteiger partial charge in [0.25, 0.3) is 5.91 Å². The number of benzene rings is 2. The number of nitrogens with zero attached hydrogens (tertiary/aromatic N) is 2. The van der Waals surface area contributed by atoms with Gasteiger partial charge in [-0.05, 0) is 55.5 Å². The molecule has 0 aromatic heterocycles. The van der Waals surface area contributed by atoms with Crippen LogP contribution in [0.3, 0.4) is 0 Å². The largest absolute Gasteiger partial charge is 0.508 e. The number of carbonyl (C=O) groups excluding carboxylic acids is 1. The van der Waals surface area contributed by atoms with Gasteiger partial charge in [0.05, 0.1) is 6.54 Å².